The molecule has 0 rings (SSSR count). The number of ketones is 1. The van der Waals surface area contributed by atoms with Crippen LogP contribution in [0.2, 0.25) is 0 Å². The summed E-state index contributed by atoms with van der Waals surface area (Å²) in [5.41, 5.74) is 0. The first-order valence-corrected chi connectivity index (χ1v) is 3.24. The highest BCUT2D eigenvalue weighted by atomic mass is 16.3. The minimum absolute atomic E-state index is 0.0552. The lowest BCUT2D eigenvalue weighted by Crippen LogP contribution is -2.14. The maximum absolute atomic E-state index is 10.8. The Bertz CT molecular complexity index is 95.1. The van der Waals surface area contributed by atoms with Gasteiger partial charge in [-0.2, -0.15) is 0 Å². The Hall–Kier alpha value is -0.370. The molecule has 1 atom stereocenters. The van der Waals surface area contributed by atoms with E-state index in [-0.39, 0.29) is 18.1 Å². The third-order valence-electron chi connectivity index (χ3n) is 1.14. The van der Waals surface area contributed by atoms with Crippen molar-refractivity contribution in [1.29, 1.82) is 0 Å². The normalized spacial score (nSPS) is 13.9. The van der Waals surface area contributed by atoms with Gasteiger partial charge in [-0.05, 0) is 6.92 Å². The van der Waals surface area contributed by atoms with Crippen LogP contribution >= 0.6 is 0 Å². The van der Waals surface area contributed by atoms with Crippen molar-refractivity contribution in [2.45, 2.75) is 33.3 Å². The molecule has 0 spiro atoms. The molecule has 0 aliphatic heterocycles. The Kier molecular flexibility index (Phi) is 3.47. The quantitative estimate of drug-likeness (QED) is 0.618. The summed E-state index contributed by atoms with van der Waals surface area (Å²) in [5.74, 6) is 0.185. The van der Waals surface area contributed by atoms with Crippen LogP contribution in [0.25, 0.3) is 0 Å². The summed E-state index contributed by atoms with van der Waals surface area (Å²) in [4.78, 5) is 10.8. The van der Waals surface area contributed by atoms with Gasteiger partial charge in [0, 0.05) is 12.3 Å². The summed E-state index contributed by atoms with van der Waals surface area (Å²) in [6.07, 6.45) is -0.197. The summed E-state index contributed by atoms with van der Waals surface area (Å²) in [6, 6.07) is 0. The highest BCUT2D eigenvalue weighted by Crippen LogP contribution is 2.00. The standard InChI is InChI=1S/C7H14O2/c1-5(2)7(9)4-6(3)8/h5-6,8H,4H2,1-3H3/t6-/m0/s1. The molecule has 0 unspecified atom stereocenters. The molecule has 2 nitrogen and oxygen atoms in total. The van der Waals surface area contributed by atoms with E-state index in [1.54, 1.807) is 6.92 Å². The predicted molar refractivity (Wildman–Crippen MR) is 36.1 cm³/mol. The van der Waals surface area contributed by atoms with Gasteiger partial charge in [-0.25, -0.2) is 0 Å². The van der Waals surface area contributed by atoms with E-state index >= 15 is 0 Å². The fraction of sp³-hybridized carbons (Fsp3) is 0.857. The van der Waals surface area contributed by atoms with Crippen LogP contribution < -0.4 is 0 Å². The molecule has 0 saturated carbocycles. The van der Waals surface area contributed by atoms with Crippen molar-refractivity contribution in [2.75, 3.05) is 0 Å². The predicted octanol–water partition coefficient (Wildman–Crippen LogP) is 0.982. The van der Waals surface area contributed by atoms with E-state index in [4.69, 9.17) is 5.11 Å². The zero-order valence-electron chi connectivity index (χ0n) is 6.22. The van der Waals surface area contributed by atoms with Crippen LogP contribution in [0.1, 0.15) is 27.2 Å². The molecule has 1 N–H and O–H groups in total. The molecule has 0 aromatic carbocycles. The van der Waals surface area contributed by atoms with E-state index in [2.05, 4.69) is 0 Å². The molecule has 0 aliphatic carbocycles. The molecule has 0 saturated heterocycles. The number of Topliss-reactive ketones (excluding diaryl/α,β-unsaturated/α-hetero) is 1. The van der Waals surface area contributed by atoms with Crippen LogP contribution in [0.4, 0.5) is 0 Å². The van der Waals surface area contributed by atoms with Crippen molar-refractivity contribution in [3.8, 4) is 0 Å². The van der Waals surface area contributed by atoms with Crippen molar-refractivity contribution >= 4 is 5.78 Å². The Balaban J connectivity index is 3.51. The molecule has 9 heavy (non-hydrogen) atoms. The van der Waals surface area contributed by atoms with Crippen molar-refractivity contribution in [2.24, 2.45) is 5.92 Å². The lowest BCUT2D eigenvalue weighted by molar-refractivity contribution is -0.123. The minimum atomic E-state index is -0.486. The Morgan fingerprint density at radius 3 is 2.00 bits per heavy atom. The number of aliphatic hydroxyl groups is 1. The second-order valence-electron chi connectivity index (χ2n) is 2.67. The average Bonchev–Trinajstić information content (AvgIpc) is 1.63. The number of carbonyl (C=O) groups is 1. The summed E-state index contributed by atoms with van der Waals surface area (Å²) in [5, 5.41) is 8.75. The maximum atomic E-state index is 10.8. The molecular weight excluding hydrogens is 116 g/mol. The van der Waals surface area contributed by atoms with Gasteiger partial charge in [-0.1, -0.05) is 13.8 Å². The minimum Gasteiger partial charge on any atom is -0.393 e. The van der Waals surface area contributed by atoms with Gasteiger partial charge in [0.2, 0.25) is 0 Å². The van der Waals surface area contributed by atoms with Gasteiger partial charge >= 0.3 is 0 Å². The topological polar surface area (TPSA) is 37.3 Å². The van der Waals surface area contributed by atoms with Crippen LogP contribution in [-0.4, -0.2) is 17.0 Å². The first-order chi connectivity index (χ1) is 4.04. The highest BCUT2D eigenvalue weighted by Gasteiger charge is 2.09. The Morgan fingerprint density at radius 1 is 1.44 bits per heavy atom. The van der Waals surface area contributed by atoms with E-state index in [0.717, 1.165) is 0 Å². The van der Waals surface area contributed by atoms with Gasteiger partial charge in [0.25, 0.3) is 0 Å². The average molecular weight is 130 g/mol. The van der Waals surface area contributed by atoms with Crippen LogP contribution in [0.15, 0.2) is 0 Å². The molecule has 54 valence electrons. The third-order valence-corrected chi connectivity index (χ3v) is 1.14. The number of hydrogen-bond donors (Lipinski definition) is 1. The smallest absolute Gasteiger partial charge is 0.137 e. The van der Waals surface area contributed by atoms with Gasteiger partial charge in [-0.15, -0.1) is 0 Å². The van der Waals surface area contributed by atoms with E-state index in [1.807, 2.05) is 13.8 Å². The molecular formula is C7H14O2. The zero-order chi connectivity index (χ0) is 7.44. The molecule has 0 radical (unpaired) electrons. The van der Waals surface area contributed by atoms with Crippen molar-refractivity contribution in [3.63, 3.8) is 0 Å². The number of rotatable bonds is 3. The fourth-order valence-electron chi connectivity index (χ4n) is 0.527. The molecule has 0 aliphatic rings. The van der Waals surface area contributed by atoms with Crippen LogP contribution in [0.3, 0.4) is 0 Å². The summed E-state index contributed by atoms with van der Waals surface area (Å²) >= 11 is 0. The van der Waals surface area contributed by atoms with E-state index < -0.39 is 6.10 Å². The molecule has 0 aromatic heterocycles. The summed E-state index contributed by atoms with van der Waals surface area (Å²) in [6.45, 7) is 5.30. The Labute approximate surface area is 55.9 Å². The SMILES string of the molecule is CC(C)C(=O)C[C@H](C)O. The lowest BCUT2D eigenvalue weighted by Gasteiger charge is -2.04. The zero-order valence-corrected chi connectivity index (χ0v) is 6.22. The molecule has 0 aromatic rings. The van der Waals surface area contributed by atoms with Crippen LogP contribution in [-0.2, 0) is 4.79 Å². The summed E-state index contributed by atoms with van der Waals surface area (Å²) < 4.78 is 0. The number of carbonyl (C=O) groups excluding carboxylic acids is 1. The van der Waals surface area contributed by atoms with Crippen LogP contribution in [0, 0.1) is 5.92 Å². The maximum Gasteiger partial charge on any atom is 0.137 e. The van der Waals surface area contributed by atoms with Crippen molar-refractivity contribution in [1.82, 2.24) is 0 Å². The second-order valence-corrected chi connectivity index (χ2v) is 2.67. The molecule has 0 fully saturated rings. The Morgan fingerprint density at radius 2 is 1.89 bits per heavy atom. The number of hydrogen-bond acceptors (Lipinski definition) is 2. The van der Waals surface area contributed by atoms with Crippen molar-refractivity contribution < 1.29 is 9.90 Å². The van der Waals surface area contributed by atoms with E-state index in [1.165, 1.54) is 0 Å². The van der Waals surface area contributed by atoms with Crippen LogP contribution in [0.5, 0.6) is 0 Å². The number of aliphatic hydroxyl groups excluding tert-OH is 1. The largest absolute Gasteiger partial charge is 0.393 e. The highest BCUT2D eigenvalue weighted by molar-refractivity contribution is 5.80. The monoisotopic (exact) mass is 130 g/mol. The fourth-order valence-corrected chi connectivity index (χ4v) is 0.527. The van der Waals surface area contributed by atoms with Gasteiger partial charge in [-0.3, -0.25) is 4.79 Å². The van der Waals surface area contributed by atoms with Gasteiger partial charge in [0.05, 0.1) is 6.10 Å². The molecule has 0 amide bonds. The van der Waals surface area contributed by atoms with E-state index in [0.29, 0.717) is 0 Å². The van der Waals surface area contributed by atoms with Gasteiger partial charge in [0.1, 0.15) is 5.78 Å². The first-order valence-electron chi connectivity index (χ1n) is 3.24. The lowest BCUT2D eigenvalue weighted by atomic mass is 10.0. The van der Waals surface area contributed by atoms with Gasteiger partial charge < -0.3 is 5.11 Å². The third kappa shape index (κ3) is 4.15. The van der Waals surface area contributed by atoms with Gasteiger partial charge in [0.15, 0.2) is 0 Å². The first kappa shape index (κ1) is 8.63. The molecule has 0 heterocycles. The van der Waals surface area contributed by atoms with Crippen molar-refractivity contribution in [3.05, 3.63) is 0 Å². The molecule has 2 heteroatoms. The molecule has 0 bridgehead atoms. The summed E-state index contributed by atoms with van der Waals surface area (Å²) in [7, 11) is 0. The van der Waals surface area contributed by atoms with E-state index in [9.17, 15) is 4.79 Å². The second kappa shape index (κ2) is 3.62.